The molecule has 1 unspecified atom stereocenters. The van der Waals surface area contributed by atoms with E-state index in [4.69, 9.17) is 4.74 Å². The minimum absolute atomic E-state index is 0.00917. The van der Waals surface area contributed by atoms with Crippen molar-refractivity contribution in [2.24, 2.45) is 0 Å². The monoisotopic (exact) mass is 235 g/mol. The number of carbonyl (C=O) groups is 2. The van der Waals surface area contributed by atoms with E-state index in [1.807, 2.05) is 18.2 Å². The highest BCUT2D eigenvalue weighted by atomic mass is 16.5. The zero-order valence-corrected chi connectivity index (χ0v) is 10.1. The van der Waals surface area contributed by atoms with Crippen LogP contribution in [0.3, 0.4) is 0 Å². The number of Topliss-reactive ketones (excluding diaryl/α,β-unsaturated/α-hetero) is 1. The number of rotatable bonds is 5. The fourth-order valence-electron chi connectivity index (χ4n) is 1.44. The molecule has 0 heterocycles. The highest BCUT2D eigenvalue weighted by Crippen LogP contribution is 2.05. The lowest BCUT2D eigenvalue weighted by Crippen LogP contribution is -2.34. The van der Waals surface area contributed by atoms with E-state index in [1.54, 1.807) is 26.0 Å². The number of alkyl carbamates (subject to hydrolysis) is 1. The maximum Gasteiger partial charge on any atom is 0.407 e. The van der Waals surface area contributed by atoms with Crippen LogP contribution in [0.5, 0.6) is 0 Å². The molecule has 1 N–H and O–H groups in total. The average Bonchev–Trinajstić information content (AvgIpc) is 2.30. The maximum absolute atomic E-state index is 11.8. The third-order valence-electron chi connectivity index (χ3n) is 2.23. The smallest absolute Gasteiger partial charge is 0.407 e. The summed E-state index contributed by atoms with van der Waals surface area (Å²) in [6.45, 7) is 3.84. The van der Waals surface area contributed by atoms with Gasteiger partial charge >= 0.3 is 6.09 Å². The Morgan fingerprint density at radius 2 is 1.94 bits per heavy atom. The van der Waals surface area contributed by atoms with Gasteiger partial charge < -0.3 is 10.1 Å². The Labute approximate surface area is 101 Å². The van der Waals surface area contributed by atoms with E-state index in [9.17, 15) is 9.59 Å². The van der Waals surface area contributed by atoms with Crippen LogP contribution in [-0.2, 0) is 4.74 Å². The van der Waals surface area contributed by atoms with E-state index >= 15 is 0 Å². The molecule has 4 nitrogen and oxygen atoms in total. The van der Waals surface area contributed by atoms with Gasteiger partial charge in [-0.25, -0.2) is 4.79 Å². The van der Waals surface area contributed by atoms with Crippen molar-refractivity contribution in [3.05, 3.63) is 35.9 Å². The van der Waals surface area contributed by atoms with Gasteiger partial charge in [0.2, 0.25) is 0 Å². The van der Waals surface area contributed by atoms with Gasteiger partial charge in [-0.05, 0) is 13.8 Å². The fourth-order valence-corrected chi connectivity index (χ4v) is 1.44. The molecule has 0 spiro atoms. The molecule has 0 saturated carbocycles. The van der Waals surface area contributed by atoms with Crippen molar-refractivity contribution in [1.82, 2.24) is 5.32 Å². The molecule has 0 aliphatic rings. The number of nitrogens with one attached hydrogen (secondary N) is 1. The molecule has 0 aromatic heterocycles. The zero-order valence-electron chi connectivity index (χ0n) is 10.1. The van der Waals surface area contributed by atoms with Gasteiger partial charge in [-0.3, -0.25) is 4.79 Å². The Balaban J connectivity index is 2.44. The van der Waals surface area contributed by atoms with Gasteiger partial charge in [-0.2, -0.15) is 0 Å². The summed E-state index contributed by atoms with van der Waals surface area (Å²) in [6.07, 6.45) is -0.219. The lowest BCUT2D eigenvalue weighted by molar-refractivity contribution is 0.0968. The average molecular weight is 235 g/mol. The third-order valence-corrected chi connectivity index (χ3v) is 2.23. The topological polar surface area (TPSA) is 55.4 Å². The lowest BCUT2D eigenvalue weighted by Gasteiger charge is -2.12. The minimum atomic E-state index is -0.485. The molecule has 1 aromatic carbocycles. The van der Waals surface area contributed by atoms with Crippen molar-refractivity contribution in [2.45, 2.75) is 26.3 Å². The first-order chi connectivity index (χ1) is 8.13. The molecular weight excluding hydrogens is 218 g/mol. The molecule has 1 amide bonds. The second-order valence-electron chi connectivity index (χ2n) is 3.76. The van der Waals surface area contributed by atoms with E-state index in [0.29, 0.717) is 12.2 Å². The van der Waals surface area contributed by atoms with Crippen LogP contribution in [0.1, 0.15) is 30.6 Å². The molecule has 1 rings (SSSR count). The van der Waals surface area contributed by atoms with E-state index in [1.165, 1.54) is 0 Å². The van der Waals surface area contributed by atoms with E-state index in [-0.39, 0.29) is 18.2 Å². The van der Waals surface area contributed by atoms with Gasteiger partial charge in [-0.1, -0.05) is 30.3 Å². The van der Waals surface area contributed by atoms with Gasteiger partial charge in [0.1, 0.15) is 0 Å². The van der Waals surface area contributed by atoms with Gasteiger partial charge in [-0.15, -0.1) is 0 Å². The van der Waals surface area contributed by atoms with Gasteiger partial charge in [0.15, 0.2) is 5.78 Å². The molecule has 0 aliphatic heterocycles. The molecule has 17 heavy (non-hydrogen) atoms. The predicted molar refractivity (Wildman–Crippen MR) is 65.0 cm³/mol. The first-order valence-electron chi connectivity index (χ1n) is 5.65. The number of hydrogen-bond acceptors (Lipinski definition) is 3. The summed E-state index contributed by atoms with van der Waals surface area (Å²) in [5.41, 5.74) is 0.657. The Hall–Kier alpha value is -1.84. The Bertz CT molecular complexity index is 376. The highest BCUT2D eigenvalue weighted by Gasteiger charge is 2.13. The van der Waals surface area contributed by atoms with Crippen molar-refractivity contribution in [3.63, 3.8) is 0 Å². The van der Waals surface area contributed by atoms with Crippen molar-refractivity contribution < 1.29 is 14.3 Å². The Morgan fingerprint density at radius 1 is 1.29 bits per heavy atom. The summed E-state index contributed by atoms with van der Waals surface area (Å²) in [4.78, 5) is 22.9. The molecule has 4 heteroatoms. The predicted octanol–water partition coefficient (Wildman–Crippen LogP) is 2.39. The summed E-state index contributed by atoms with van der Waals surface area (Å²) < 4.78 is 4.74. The number of hydrogen-bond donors (Lipinski definition) is 1. The molecule has 1 aromatic rings. The van der Waals surface area contributed by atoms with Crippen LogP contribution >= 0.6 is 0 Å². The number of carbonyl (C=O) groups excluding carboxylic acids is 2. The highest BCUT2D eigenvalue weighted by molar-refractivity contribution is 5.96. The number of benzene rings is 1. The van der Waals surface area contributed by atoms with Crippen LogP contribution in [0.2, 0.25) is 0 Å². The van der Waals surface area contributed by atoms with Crippen molar-refractivity contribution in [3.8, 4) is 0 Å². The van der Waals surface area contributed by atoms with Gasteiger partial charge in [0.05, 0.1) is 6.61 Å². The summed E-state index contributed by atoms with van der Waals surface area (Å²) in [5.74, 6) is 0.00917. The van der Waals surface area contributed by atoms with Crippen molar-refractivity contribution in [1.29, 1.82) is 0 Å². The summed E-state index contributed by atoms with van der Waals surface area (Å²) >= 11 is 0. The second-order valence-corrected chi connectivity index (χ2v) is 3.76. The van der Waals surface area contributed by atoms with Crippen molar-refractivity contribution >= 4 is 11.9 Å². The zero-order chi connectivity index (χ0) is 12.7. The van der Waals surface area contributed by atoms with E-state index in [2.05, 4.69) is 5.32 Å². The summed E-state index contributed by atoms with van der Waals surface area (Å²) in [5, 5.41) is 2.60. The SMILES string of the molecule is CCOC(=O)NC(C)CC(=O)c1ccccc1. The van der Waals surface area contributed by atoms with Crippen LogP contribution in [0, 0.1) is 0 Å². The minimum Gasteiger partial charge on any atom is -0.450 e. The van der Waals surface area contributed by atoms with Crippen LogP contribution in [0.15, 0.2) is 30.3 Å². The van der Waals surface area contributed by atoms with Crippen LogP contribution in [0.4, 0.5) is 4.79 Å². The number of amides is 1. The molecule has 92 valence electrons. The number of ketones is 1. The first-order valence-corrected chi connectivity index (χ1v) is 5.65. The second kappa shape index (κ2) is 6.68. The standard InChI is InChI=1S/C13H17NO3/c1-3-17-13(16)14-10(2)9-12(15)11-7-5-4-6-8-11/h4-8,10H,3,9H2,1-2H3,(H,14,16). The normalized spacial score (nSPS) is 11.6. The summed E-state index contributed by atoms with van der Waals surface area (Å²) in [6, 6.07) is 8.78. The molecule has 0 aliphatic carbocycles. The fraction of sp³-hybridized carbons (Fsp3) is 0.385. The third kappa shape index (κ3) is 4.68. The Kier molecular flexibility index (Phi) is 5.20. The van der Waals surface area contributed by atoms with Gasteiger partial charge in [0.25, 0.3) is 0 Å². The first kappa shape index (κ1) is 13.2. The molecule has 0 bridgehead atoms. The molecule has 0 radical (unpaired) electrons. The molecule has 0 saturated heterocycles. The van der Waals surface area contributed by atoms with Crippen LogP contribution < -0.4 is 5.32 Å². The quantitative estimate of drug-likeness (QED) is 0.797. The Morgan fingerprint density at radius 3 is 2.53 bits per heavy atom. The van der Waals surface area contributed by atoms with Gasteiger partial charge in [0, 0.05) is 18.0 Å². The van der Waals surface area contributed by atoms with Crippen molar-refractivity contribution in [2.75, 3.05) is 6.61 Å². The van der Waals surface area contributed by atoms with E-state index < -0.39 is 6.09 Å². The largest absolute Gasteiger partial charge is 0.450 e. The summed E-state index contributed by atoms with van der Waals surface area (Å²) in [7, 11) is 0. The number of ether oxygens (including phenoxy) is 1. The van der Waals surface area contributed by atoms with E-state index in [0.717, 1.165) is 0 Å². The van der Waals surface area contributed by atoms with Crippen LogP contribution in [0.25, 0.3) is 0 Å². The molecule has 1 atom stereocenters. The van der Waals surface area contributed by atoms with Crippen LogP contribution in [-0.4, -0.2) is 24.5 Å². The molecular formula is C13H17NO3. The lowest BCUT2D eigenvalue weighted by atomic mass is 10.1. The molecule has 0 fully saturated rings. The maximum atomic E-state index is 11.8.